The van der Waals surface area contributed by atoms with E-state index >= 15 is 0 Å². The van der Waals surface area contributed by atoms with Crippen LogP contribution in [0.5, 0.6) is 0 Å². The molecule has 2 rings (SSSR count). The van der Waals surface area contributed by atoms with Crippen LogP contribution in [0.3, 0.4) is 0 Å². The molecular formula is C13H18ClNO2S. The first kappa shape index (κ1) is 14.2. The maximum Gasteiger partial charge on any atom is 0.170 e. The molecule has 100 valence electrons. The van der Waals surface area contributed by atoms with E-state index in [2.05, 4.69) is 0 Å². The minimum Gasteiger partial charge on any atom is -0.353 e. The Hall–Kier alpha value is -0.260. The smallest absolute Gasteiger partial charge is 0.170 e. The molecule has 0 aromatic heterocycles. The van der Waals surface area contributed by atoms with Gasteiger partial charge in [0.05, 0.1) is 0 Å². The number of halogens is 1. The highest BCUT2D eigenvalue weighted by Gasteiger charge is 2.55. The summed E-state index contributed by atoms with van der Waals surface area (Å²) in [6.45, 7) is 0.606. The fourth-order valence-electron chi connectivity index (χ4n) is 2.31. The van der Waals surface area contributed by atoms with Gasteiger partial charge in [0.1, 0.15) is 0 Å². The van der Waals surface area contributed by atoms with Gasteiger partial charge < -0.3 is 15.2 Å². The average molecular weight is 288 g/mol. The molecule has 1 aliphatic rings. The number of nitrogens with two attached hydrogens (primary N) is 1. The fourth-order valence-corrected chi connectivity index (χ4v) is 3.88. The molecule has 0 aliphatic heterocycles. The van der Waals surface area contributed by atoms with Crippen molar-refractivity contribution in [1.29, 1.82) is 0 Å². The summed E-state index contributed by atoms with van der Waals surface area (Å²) in [5.74, 6) is -0.460. The van der Waals surface area contributed by atoms with Gasteiger partial charge in [-0.15, -0.1) is 11.8 Å². The van der Waals surface area contributed by atoms with Gasteiger partial charge in [-0.1, -0.05) is 11.6 Å². The standard InChI is InChI=1S/C13H18ClNO2S/c1-16-13(17-2)7-12(8-13,9-15)18-11-5-3-10(14)4-6-11/h3-6H,7-9,15H2,1-2H3. The van der Waals surface area contributed by atoms with Crippen LogP contribution in [0.1, 0.15) is 12.8 Å². The molecule has 0 unspecified atom stereocenters. The maximum atomic E-state index is 5.92. The van der Waals surface area contributed by atoms with Crippen molar-refractivity contribution >= 4 is 23.4 Å². The molecule has 18 heavy (non-hydrogen) atoms. The Balaban J connectivity index is 2.05. The molecule has 1 fully saturated rings. The monoisotopic (exact) mass is 287 g/mol. The molecule has 1 aromatic rings. The summed E-state index contributed by atoms with van der Waals surface area (Å²) in [4.78, 5) is 1.17. The van der Waals surface area contributed by atoms with Crippen molar-refractivity contribution in [3.63, 3.8) is 0 Å². The molecule has 0 heterocycles. The summed E-state index contributed by atoms with van der Waals surface area (Å²) in [6.07, 6.45) is 1.60. The van der Waals surface area contributed by atoms with Crippen LogP contribution in [0.25, 0.3) is 0 Å². The lowest BCUT2D eigenvalue weighted by molar-refractivity contribution is -0.260. The number of ether oxygens (including phenoxy) is 2. The SMILES string of the molecule is COC1(OC)CC(CN)(Sc2ccc(Cl)cc2)C1. The van der Waals surface area contributed by atoms with Gasteiger partial charge in [0.2, 0.25) is 0 Å². The lowest BCUT2D eigenvalue weighted by Crippen LogP contribution is -2.60. The predicted molar refractivity (Wildman–Crippen MR) is 75.1 cm³/mol. The van der Waals surface area contributed by atoms with Crippen molar-refractivity contribution in [3.8, 4) is 0 Å². The maximum absolute atomic E-state index is 5.92. The third kappa shape index (κ3) is 2.68. The van der Waals surface area contributed by atoms with Crippen molar-refractivity contribution in [3.05, 3.63) is 29.3 Å². The van der Waals surface area contributed by atoms with E-state index in [1.54, 1.807) is 26.0 Å². The molecule has 0 saturated heterocycles. The van der Waals surface area contributed by atoms with Crippen LogP contribution in [0.2, 0.25) is 5.02 Å². The van der Waals surface area contributed by atoms with Gasteiger partial charge in [-0.3, -0.25) is 0 Å². The topological polar surface area (TPSA) is 44.5 Å². The van der Waals surface area contributed by atoms with Gasteiger partial charge in [0.25, 0.3) is 0 Å². The van der Waals surface area contributed by atoms with Crippen molar-refractivity contribution < 1.29 is 9.47 Å². The summed E-state index contributed by atoms with van der Waals surface area (Å²) in [7, 11) is 3.35. The minimum atomic E-state index is -0.460. The highest BCUT2D eigenvalue weighted by atomic mass is 35.5. The molecular weight excluding hydrogens is 270 g/mol. The summed E-state index contributed by atoms with van der Waals surface area (Å²) in [5, 5.41) is 0.748. The van der Waals surface area contributed by atoms with E-state index in [0.717, 1.165) is 17.9 Å². The van der Waals surface area contributed by atoms with E-state index in [9.17, 15) is 0 Å². The second kappa shape index (κ2) is 5.39. The Kier molecular flexibility index (Phi) is 4.24. The third-order valence-corrected chi connectivity index (χ3v) is 5.10. The van der Waals surface area contributed by atoms with Gasteiger partial charge >= 0.3 is 0 Å². The fraction of sp³-hybridized carbons (Fsp3) is 0.538. The Morgan fingerprint density at radius 2 is 1.78 bits per heavy atom. The molecule has 2 N–H and O–H groups in total. The van der Waals surface area contributed by atoms with Gasteiger partial charge in [0, 0.05) is 48.3 Å². The van der Waals surface area contributed by atoms with Crippen LogP contribution in [0.4, 0.5) is 0 Å². The Morgan fingerprint density at radius 3 is 2.22 bits per heavy atom. The lowest BCUT2D eigenvalue weighted by Gasteiger charge is -2.53. The second-order valence-corrected chi connectivity index (χ2v) is 6.59. The zero-order chi connectivity index (χ0) is 13.2. The van der Waals surface area contributed by atoms with Crippen molar-refractivity contribution in [2.24, 2.45) is 5.73 Å². The summed E-state index contributed by atoms with van der Waals surface area (Å²) >= 11 is 7.66. The van der Waals surface area contributed by atoms with Gasteiger partial charge in [-0.05, 0) is 24.3 Å². The van der Waals surface area contributed by atoms with Crippen LogP contribution >= 0.6 is 23.4 Å². The third-order valence-electron chi connectivity index (χ3n) is 3.45. The van der Waals surface area contributed by atoms with E-state index in [0.29, 0.717) is 6.54 Å². The first-order valence-electron chi connectivity index (χ1n) is 5.82. The van der Waals surface area contributed by atoms with Gasteiger partial charge in [-0.25, -0.2) is 0 Å². The zero-order valence-electron chi connectivity index (χ0n) is 10.6. The van der Waals surface area contributed by atoms with Crippen LogP contribution in [0.15, 0.2) is 29.2 Å². The normalized spacial score (nSPS) is 20.4. The number of hydrogen-bond donors (Lipinski definition) is 1. The number of methoxy groups -OCH3 is 2. The number of benzene rings is 1. The number of hydrogen-bond acceptors (Lipinski definition) is 4. The Labute approximate surface area is 117 Å². The van der Waals surface area contributed by atoms with Crippen molar-refractivity contribution in [1.82, 2.24) is 0 Å². The largest absolute Gasteiger partial charge is 0.353 e. The van der Waals surface area contributed by atoms with E-state index < -0.39 is 5.79 Å². The second-order valence-electron chi connectivity index (χ2n) is 4.62. The lowest BCUT2D eigenvalue weighted by atomic mass is 9.77. The highest BCUT2D eigenvalue weighted by molar-refractivity contribution is 8.00. The van der Waals surface area contributed by atoms with Gasteiger partial charge in [0.15, 0.2) is 5.79 Å². The van der Waals surface area contributed by atoms with Crippen LogP contribution < -0.4 is 5.73 Å². The number of rotatable bonds is 5. The van der Waals surface area contributed by atoms with Crippen molar-refractivity contribution in [2.75, 3.05) is 20.8 Å². The highest BCUT2D eigenvalue weighted by Crippen LogP contribution is 2.54. The Morgan fingerprint density at radius 1 is 1.22 bits per heavy atom. The molecule has 1 aromatic carbocycles. The molecule has 1 aliphatic carbocycles. The Bertz CT molecular complexity index is 398. The molecule has 5 heteroatoms. The molecule has 0 radical (unpaired) electrons. The van der Waals surface area contributed by atoms with Crippen molar-refractivity contribution in [2.45, 2.75) is 28.3 Å². The summed E-state index contributed by atoms with van der Waals surface area (Å²) in [6, 6.07) is 7.83. The minimum absolute atomic E-state index is 0.000149. The zero-order valence-corrected chi connectivity index (χ0v) is 12.2. The first-order valence-corrected chi connectivity index (χ1v) is 7.01. The molecule has 1 saturated carbocycles. The molecule has 3 nitrogen and oxygen atoms in total. The van der Waals surface area contributed by atoms with E-state index in [1.165, 1.54) is 4.90 Å². The van der Waals surface area contributed by atoms with Crippen LogP contribution in [-0.2, 0) is 9.47 Å². The van der Waals surface area contributed by atoms with Crippen LogP contribution in [-0.4, -0.2) is 31.3 Å². The molecule has 0 spiro atoms. The molecule has 0 atom stereocenters. The summed E-state index contributed by atoms with van der Waals surface area (Å²) < 4.78 is 10.8. The quantitative estimate of drug-likeness (QED) is 0.846. The summed E-state index contributed by atoms with van der Waals surface area (Å²) in [5.41, 5.74) is 5.92. The predicted octanol–water partition coefficient (Wildman–Crippen LogP) is 2.91. The van der Waals surface area contributed by atoms with E-state index in [4.69, 9.17) is 26.8 Å². The first-order chi connectivity index (χ1) is 8.57. The molecule has 0 amide bonds. The molecule has 0 bridgehead atoms. The van der Waals surface area contributed by atoms with E-state index in [-0.39, 0.29) is 4.75 Å². The number of thioether (sulfide) groups is 1. The van der Waals surface area contributed by atoms with Crippen LogP contribution in [0, 0.1) is 0 Å². The average Bonchev–Trinajstić information content (AvgIpc) is 2.36. The van der Waals surface area contributed by atoms with Gasteiger partial charge in [-0.2, -0.15) is 0 Å². The van der Waals surface area contributed by atoms with E-state index in [1.807, 2.05) is 24.3 Å².